The van der Waals surface area contributed by atoms with Crippen molar-refractivity contribution in [2.75, 3.05) is 34.2 Å². The van der Waals surface area contributed by atoms with Gasteiger partial charge in [-0.2, -0.15) is 0 Å². The van der Waals surface area contributed by atoms with Crippen molar-refractivity contribution in [2.24, 2.45) is 11.7 Å². The lowest BCUT2D eigenvalue weighted by molar-refractivity contribution is -0.131. The fourth-order valence-corrected chi connectivity index (χ4v) is 1.35. The van der Waals surface area contributed by atoms with Gasteiger partial charge in [-0.05, 0) is 26.4 Å². The van der Waals surface area contributed by atoms with Gasteiger partial charge in [0.1, 0.15) is 0 Å². The van der Waals surface area contributed by atoms with Gasteiger partial charge in [0.05, 0.1) is 6.04 Å². The van der Waals surface area contributed by atoms with Crippen LogP contribution in [0.4, 0.5) is 0 Å². The van der Waals surface area contributed by atoms with E-state index in [9.17, 15) is 4.79 Å². The second kappa shape index (κ2) is 6.80. The van der Waals surface area contributed by atoms with E-state index in [2.05, 4.69) is 18.7 Å². The molecule has 1 unspecified atom stereocenters. The van der Waals surface area contributed by atoms with Gasteiger partial charge < -0.3 is 15.5 Å². The molecule has 15 heavy (non-hydrogen) atoms. The highest BCUT2D eigenvalue weighted by Gasteiger charge is 2.18. The van der Waals surface area contributed by atoms with E-state index in [1.807, 2.05) is 21.1 Å². The van der Waals surface area contributed by atoms with Crippen LogP contribution in [0, 0.1) is 5.92 Å². The number of nitrogens with two attached hydrogens (primary N) is 1. The average molecular weight is 215 g/mol. The molecule has 0 saturated carbocycles. The van der Waals surface area contributed by atoms with Gasteiger partial charge in [-0.1, -0.05) is 13.8 Å². The largest absolute Gasteiger partial charge is 0.343 e. The molecule has 90 valence electrons. The number of hydrogen-bond donors (Lipinski definition) is 1. The van der Waals surface area contributed by atoms with Crippen LogP contribution >= 0.6 is 0 Å². The van der Waals surface area contributed by atoms with E-state index in [0.717, 1.165) is 19.5 Å². The summed E-state index contributed by atoms with van der Waals surface area (Å²) in [6.45, 7) is 5.76. The van der Waals surface area contributed by atoms with Crippen molar-refractivity contribution in [3.8, 4) is 0 Å². The van der Waals surface area contributed by atoms with Crippen LogP contribution in [-0.4, -0.2) is 56.0 Å². The topological polar surface area (TPSA) is 49.6 Å². The van der Waals surface area contributed by atoms with Gasteiger partial charge >= 0.3 is 0 Å². The second-order valence-corrected chi connectivity index (χ2v) is 4.80. The molecule has 4 nitrogen and oxygen atoms in total. The Bertz CT molecular complexity index is 192. The molecule has 1 atom stereocenters. The smallest absolute Gasteiger partial charge is 0.239 e. The van der Waals surface area contributed by atoms with Crippen molar-refractivity contribution < 1.29 is 4.79 Å². The summed E-state index contributed by atoms with van der Waals surface area (Å²) in [5.41, 5.74) is 5.82. The van der Waals surface area contributed by atoms with Crippen LogP contribution in [-0.2, 0) is 4.79 Å². The molecule has 0 fully saturated rings. The van der Waals surface area contributed by atoms with Crippen molar-refractivity contribution in [2.45, 2.75) is 26.3 Å². The van der Waals surface area contributed by atoms with Crippen LogP contribution in [0.15, 0.2) is 0 Å². The lowest BCUT2D eigenvalue weighted by Gasteiger charge is -2.23. The van der Waals surface area contributed by atoms with Gasteiger partial charge in [-0.15, -0.1) is 0 Å². The third-order valence-electron chi connectivity index (χ3n) is 2.30. The molecule has 0 aliphatic rings. The van der Waals surface area contributed by atoms with E-state index in [0.29, 0.717) is 5.92 Å². The molecule has 2 N–H and O–H groups in total. The Morgan fingerprint density at radius 3 is 2.13 bits per heavy atom. The fourth-order valence-electron chi connectivity index (χ4n) is 1.35. The molecule has 0 aromatic carbocycles. The van der Waals surface area contributed by atoms with Crippen LogP contribution in [0.25, 0.3) is 0 Å². The maximum Gasteiger partial charge on any atom is 0.239 e. The van der Waals surface area contributed by atoms with Crippen molar-refractivity contribution in [3.63, 3.8) is 0 Å². The third-order valence-corrected chi connectivity index (χ3v) is 2.30. The summed E-state index contributed by atoms with van der Waals surface area (Å²) in [4.78, 5) is 15.5. The summed E-state index contributed by atoms with van der Waals surface area (Å²) in [6, 6.07) is -0.350. The lowest BCUT2D eigenvalue weighted by Crippen LogP contribution is -2.44. The van der Waals surface area contributed by atoms with Crippen LogP contribution in [0.1, 0.15) is 20.3 Å². The van der Waals surface area contributed by atoms with Gasteiger partial charge in [0, 0.05) is 20.1 Å². The molecule has 0 radical (unpaired) electrons. The monoisotopic (exact) mass is 215 g/mol. The van der Waals surface area contributed by atoms with Gasteiger partial charge in [0.2, 0.25) is 5.91 Å². The third kappa shape index (κ3) is 6.47. The van der Waals surface area contributed by atoms with E-state index in [1.165, 1.54) is 0 Å². The zero-order chi connectivity index (χ0) is 12.0. The predicted octanol–water partition coefficient (Wildman–Crippen LogP) is 0.380. The van der Waals surface area contributed by atoms with Gasteiger partial charge in [-0.3, -0.25) is 4.79 Å². The van der Waals surface area contributed by atoms with E-state index < -0.39 is 0 Å². The minimum absolute atomic E-state index is 0.0468. The summed E-state index contributed by atoms with van der Waals surface area (Å²) in [6.07, 6.45) is 0.755. The summed E-state index contributed by atoms with van der Waals surface area (Å²) in [5.74, 6) is 0.511. The van der Waals surface area contributed by atoms with Crippen molar-refractivity contribution in [3.05, 3.63) is 0 Å². The van der Waals surface area contributed by atoms with Crippen molar-refractivity contribution >= 4 is 5.91 Å². The highest BCUT2D eigenvalue weighted by Crippen LogP contribution is 2.04. The van der Waals surface area contributed by atoms with E-state index in [4.69, 9.17) is 5.73 Å². The number of carbonyl (C=O) groups is 1. The number of likely N-dealkylation sites (N-methyl/N-ethyl adjacent to an activating group) is 2. The molecule has 0 spiro atoms. The summed E-state index contributed by atoms with van der Waals surface area (Å²) in [7, 11) is 5.80. The van der Waals surface area contributed by atoms with E-state index >= 15 is 0 Å². The van der Waals surface area contributed by atoms with Crippen LogP contribution in [0.2, 0.25) is 0 Å². The molecule has 0 saturated heterocycles. The molecule has 0 rings (SSSR count). The minimum Gasteiger partial charge on any atom is -0.343 e. The molecule has 1 amide bonds. The molecule has 0 aromatic rings. The summed E-state index contributed by atoms with van der Waals surface area (Å²) in [5, 5.41) is 0. The number of nitrogens with zero attached hydrogens (tertiary/aromatic N) is 2. The van der Waals surface area contributed by atoms with Gasteiger partial charge in [0.25, 0.3) is 0 Å². The normalized spacial score (nSPS) is 13.3. The second-order valence-electron chi connectivity index (χ2n) is 4.80. The molecule has 0 aliphatic carbocycles. The number of amides is 1. The quantitative estimate of drug-likeness (QED) is 0.697. The van der Waals surface area contributed by atoms with E-state index in [-0.39, 0.29) is 11.9 Å². The van der Waals surface area contributed by atoms with Gasteiger partial charge in [-0.25, -0.2) is 0 Å². The molecular formula is C11H25N3O. The number of rotatable bonds is 6. The molecular weight excluding hydrogens is 190 g/mol. The minimum atomic E-state index is -0.350. The van der Waals surface area contributed by atoms with Gasteiger partial charge in [0.15, 0.2) is 0 Å². The first-order chi connectivity index (χ1) is 6.84. The molecule has 4 heteroatoms. The first-order valence-electron chi connectivity index (χ1n) is 5.50. The average Bonchev–Trinajstić information content (AvgIpc) is 2.11. The zero-order valence-corrected chi connectivity index (χ0v) is 10.7. The van der Waals surface area contributed by atoms with Crippen LogP contribution < -0.4 is 5.73 Å². The predicted molar refractivity (Wildman–Crippen MR) is 63.6 cm³/mol. The molecule has 0 aromatic heterocycles. The molecule has 0 heterocycles. The highest BCUT2D eigenvalue weighted by atomic mass is 16.2. The Hall–Kier alpha value is -0.610. The Kier molecular flexibility index (Phi) is 6.52. The molecule has 0 bridgehead atoms. The zero-order valence-electron chi connectivity index (χ0n) is 10.7. The van der Waals surface area contributed by atoms with Crippen molar-refractivity contribution in [1.82, 2.24) is 9.80 Å². The number of hydrogen-bond acceptors (Lipinski definition) is 3. The Morgan fingerprint density at radius 1 is 1.20 bits per heavy atom. The Labute approximate surface area is 93.4 Å². The first kappa shape index (κ1) is 14.4. The van der Waals surface area contributed by atoms with Crippen LogP contribution in [0.5, 0.6) is 0 Å². The highest BCUT2D eigenvalue weighted by molar-refractivity contribution is 5.81. The fraction of sp³-hybridized carbons (Fsp3) is 0.909. The lowest BCUT2D eigenvalue weighted by atomic mass is 10.0. The van der Waals surface area contributed by atoms with Crippen molar-refractivity contribution in [1.29, 1.82) is 0 Å². The number of carbonyl (C=O) groups excluding carboxylic acids is 1. The van der Waals surface area contributed by atoms with E-state index in [1.54, 1.807) is 4.90 Å². The maximum absolute atomic E-state index is 11.8. The first-order valence-corrected chi connectivity index (χ1v) is 5.50. The Balaban J connectivity index is 3.96. The Morgan fingerprint density at radius 2 is 1.73 bits per heavy atom. The van der Waals surface area contributed by atoms with Crippen LogP contribution in [0.3, 0.4) is 0 Å². The molecule has 0 aliphatic heterocycles. The standard InChI is InChI=1S/C11H25N3O/c1-9(2)8-10(12)11(15)14(5)7-6-13(3)4/h9-10H,6-8,12H2,1-5H3. The SMILES string of the molecule is CC(C)CC(N)C(=O)N(C)CCN(C)C. The summed E-state index contributed by atoms with van der Waals surface area (Å²) < 4.78 is 0. The maximum atomic E-state index is 11.8. The summed E-state index contributed by atoms with van der Waals surface area (Å²) >= 11 is 0.